The third-order valence-electron chi connectivity index (χ3n) is 3.90. The Labute approximate surface area is 175 Å². The molecule has 0 bridgehead atoms. The summed E-state index contributed by atoms with van der Waals surface area (Å²) in [4.78, 5) is 12.5. The van der Waals surface area contributed by atoms with Crippen LogP contribution in [0.4, 0.5) is 5.69 Å². The quantitative estimate of drug-likeness (QED) is 0.628. The average molecular weight is 445 g/mol. The van der Waals surface area contributed by atoms with Crippen molar-refractivity contribution in [3.63, 3.8) is 0 Å². The molecule has 0 spiro atoms. The molecule has 6 nitrogen and oxygen atoms in total. The Kier molecular flexibility index (Phi) is 8.12. The molecule has 2 aromatic rings. The van der Waals surface area contributed by atoms with E-state index < -0.39 is 15.9 Å². The molecule has 1 amide bonds. The van der Waals surface area contributed by atoms with Gasteiger partial charge in [-0.1, -0.05) is 48.3 Å². The Hall–Kier alpha value is -1.80. The van der Waals surface area contributed by atoms with Gasteiger partial charge in [-0.05, 0) is 36.2 Å². The van der Waals surface area contributed by atoms with E-state index in [1.54, 1.807) is 36.4 Å². The third-order valence-corrected chi connectivity index (χ3v) is 6.44. The summed E-state index contributed by atoms with van der Waals surface area (Å²) in [6, 6.07) is 11.6. The molecule has 0 atom stereocenters. The molecule has 0 saturated heterocycles. The molecule has 152 valence electrons. The van der Waals surface area contributed by atoms with Crippen molar-refractivity contribution < 1.29 is 17.9 Å². The summed E-state index contributed by atoms with van der Waals surface area (Å²) in [7, 11) is -2.23. The number of nitrogens with zero attached hydrogens (tertiary/aromatic N) is 1. The van der Waals surface area contributed by atoms with E-state index in [4.69, 9.17) is 27.9 Å². The monoisotopic (exact) mass is 444 g/mol. The Balaban J connectivity index is 2.14. The lowest BCUT2D eigenvalue weighted by molar-refractivity contribution is -0.116. The van der Waals surface area contributed by atoms with E-state index in [0.717, 1.165) is 0 Å². The molecule has 0 fully saturated rings. The highest BCUT2D eigenvalue weighted by Crippen LogP contribution is 2.25. The van der Waals surface area contributed by atoms with E-state index in [1.165, 1.54) is 17.5 Å². The SMILES string of the molecule is CCCN(CC(=O)Nc1ccccc1OC)S(=O)(=O)Cc1ccc(Cl)c(Cl)c1. The fraction of sp³-hybridized carbons (Fsp3) is 0.316. The Morgan fingerprint density at radius 3 is 2.50 bits per heavy atom. The van der Waals surface area contributed by atoms with Gasteiger partial charge in [-0.2, -0.15) is 4.31 Å². The normalized spacial score (nSPS) is 11.5. The highest BCUT2D eigenvalue weighted by atomic mass is 35.5. The predicted molar refractivity (Wildman–Crippen MR) is 113 cm³/mol. The van der Waals surface area contributed by atoms with Gasteiger partial charge in [-0.25, -0.2) is 8.42 Å². The third kappa shape index (κ3) is 6.10. The average Bonchev–Trinajstić information content (AvgIpc) is 2.64. The standard InChI is InChI=1S/C19H22Cl2N2O4S/c1-3-10-23(12-19(24)22-17-6-4-5-7-18(17)27-2)28(25,26)13-14-8-9-15(20)16(21)11-14/h4-9,11H,3,10,12-13H2,1-2H3,(H,22,24). The lowest BCUT2D eigenvalue weighted by Gasteiger charge is -2.21. The van der Waals surface area contributed by atoms with Gasteiger partial charge >= 0.3 is 0 Å². The van der Waals surface area contributed by atoms with Crippen molar-refractivity contribution in [2.24, 2.45) is 0 Å². The molecule has 9 heteroatoms. The van der Waals surface area contributed by atoms with Crippen molar-refractivity contribution in [1.82, 2.24) is 4.31 Å². The largest absolute Gasteiger partial charge is 0.495 e. The van der Waals surface area contributed by atoms with Crippen molar-refractivity contribution in [2.45, 2.75) is 19.1 Å². The van der Waals surface area contributed by atoms with E-state index in [-0.39, 0.29) is 23.9 Å². The number of hydrogen-bond donors (Lipinski definition) is 1. The van der Waals surface area contributed by atoms with Crippen LogP contribution in [0.1, 0.15) is 18.9 Å². The summed E-state index contributed by atoms with van der Waals surface area (Å²) < 4.78 is 32.0. The first-order valence-corrected chi connectivity index (χ1v) is 11.0. The van der Waals surface area contributed by atoms with Crippen LogP contribution in [-0.2, 0) is 20.6 Å². The summed E-state index contributed by atoms with van der Waals surface area (Å²) in [5.74, 6) is -0.224. The number of methoxy groups -OCH3 is 1. The molecule has 2 aromatic carbocycles. The first-order chi connectivity index (χ1) is 13.3. The Morgan fingerprint density at radius 2 is 1.86 bits per heavy atom. The number of anilines is 1. The van der Waals surface area contributed by atoms with E-state index >= 15 is 0 Å². The number of nitrogens with one attached hydrogen (secondary N) is 1. The number of benzene rings is 2. The number of halogens is 2. The van der Waals surface area contributed by atoms with Gasteiger partial charge in [0, 0.05) is 6.54 Å². The summed E-state index contributed by atoms with van der Waals surface area (Å²) in [5, 5.41) is 3.33. The second-order valence-corrected chi connectivity index (χ2v) is 8.87. The van der Waals surface area contributed by atoms with Crippen molar-refractivity contribution in [3.8, 4) is 5.75 Å². The van der Waals surface area contributed by atoms with Crippen LogP contribution in [0.25, 0.3) is 0 Å². The van der Waals surface area contributed by atoms with Gasteiger partial charge in [0.1, 0.15) is 5.75 Å². The minimum atomic E-state index is -3.73. The zero-order valence-corrected chi connectivity index (χ0v) is 17.9. The maximum Gasteiger partial charge on any atom is 0.239 e. The lowest BCUT2D eigenvalue weighted by Crippen LogP contribution is -2.39. The van der Waals surface area contributed by atoms with Crippen molar-refractivity contribution >= 4 is 44.8 Å². The van der Waals surface area contributed by atoms with Crippen LogP contribution in [-0.4, -0.2) is 38.8 Å². The molecule has 2 rings (SSSR count). The molecule has 0 radical (unpaired) electrons. The molecule has 0 saturated carbocycles. The van der Waals surface area contributed by atoms with E-state index in [0.29, 0.717) is 28.4 Å². The second kappa shape index (κ2) is 10.1. The number of amides is 1. The fourth-order valence-corrected chi connectivity index (χ4v) is 4.47. The predicted octanol–water partition coefficient (Wildman–Crippen LogP) is 4.18. The van der Waals surface area contributed by atoms with E-state index in [9.17, 15) is 13.2 Å². The second-order valence-electron chi connectivity index (χ2n) is 6.09. The van der Waals surface area contributed by atoms with Gasteiger partial charge in [-0.3, -0.25) is 4.79 Å². The number of rotatable bonds is 9. The van der Waals surface area contributed by atoms with E-state index in [1.807, 2.05) is 6.92 Å². The van der Waals surface area contributed by atoms with Gasteiger partial charge in [0.2, 0.25) is 15.9 Å². The van der Waals surface area contributed by atoms with Gasteiger partial charge in [0.05, 0.1) is 35.1 Å². The number of sulfonamides is 1. The maximum atomic E-state index is 12.8. The molecular weight excluding hydrogens is 423 g/mol. The van der Waals surface area contributed by atoms with Gasteiger partial charge in [0.25, 0.3) is 0 Å². The maximum absolute atomic E-state index is 12.8. The van der Waals surface area contributed by atoms with Crippen molar-refractivity contribution in [3.05, 3.63) is 58.1 Å². The molecule has 0 aliphatic rings. The van der Waals surface area contributed by atoms with Crippen LogP contribution in [0.5, 0.6) is 5.75 Å². The zero-order valence-electron chi connectivity index (χ0n) is 15.6. The highest BCUT2D eigenvalue weighted by molar-refractivity contribution is 7.88. The Bertz CT molecular complexity index is 935. The summed E-state index contributed by atoms with van der Waals surface area (Å²) >= 11 is 11.8. The van der Waals surface area contributed by atoms with Crippen LogP contribution < -0.4 is 10.1 Å². The van der Waals surface area contributed by atoms with E-state index in [2.05, 4.69) is 5.32 Å². The van der Waals surface area contributed by atoms with Gasteiger partial charge in [-0.15, -0.1) is 0 Å². The number of para-hydroxylation sites is 2. The molecule has 0 aromatic heterocycles. The lowest BCUT2D eigenvalue weighted by atomic mass is 10.2. The zero-order chi connectivity index (χ0) is 20.7. The summed E-state index contributed by atoms with van der Waals surface area (Å²) in [5.41, 5.74) is 0.981. The van der Waals surface area contributed by atoms with Gasteiger partial charge < -0.3 is 10.1 Å². The number of hydrogen-bond acceptors (Lipinski definition) is 4. The first-order valence-electron chi connectivity index (χ1n) is 8.61. The van der Waals surface area contributed by atoms with Crippen LogP contribution >= 0.6 is 23.2 Å². The first kappa shape index (κ1) is 22.5. The number of ether oxygens (including phenoxy) is 1. The van der Waals surface area contributed by atoms with Crippen LogP contribution in [0.2, 0.25) is 10.0 Å². The minimum Gasteiger partial charge on any atom is -0.495 e. The molecule has 0 heterocycles. The minimum absolute atomic E-state index is 0.225. The topological polar surface area (TPSA) is 75.7 Å². The molecule has 28 heavy (non-hydrogen) atoms. The van der Waals surface area contributed by atoms with Crippen LogP contribution in [0.3, 0.4) is 0 Å². The highest BCUT2D eigenvalue weighted by Gasteiger charge is 2.25. The molecule has 0 aliphatic carbocycles. The Morgan fingerprint density at radius 1 is 1.14 bits per heavy atom. The van der Waals surface area contributed by atoms with Crippen LogP contribution in [0.15, 0.2) is 42.5 Å². The smallest absolute Gasteiger partial charge is 0.239 e. The molecular formula is C19H22Cl2N2O4S. The van der Waals surface area contributed by atoms with Crippen molar-refractivity contribution in [2.75, 3.05) is 25.5 Å². The number of carbonyl (C=O) groups is 1. The van der Waals surface area contributed by atoms with Gasteiger partial charge in [0.15, 0.2) is 0 Å². The summed E-state index contributed by atoms with van der Waals surface area (Å²) in [6.07, 6.45) is 0.572. The molecule has 1 N–H and O–H groups in total. The van der Waals surface area contributed by atoms with Crippen molar-refractivity contribution in [1.29, 1.82) is 0 Å². The molecule has 0 aliphatic heterocycles. The molecule has 0 unspecified atom stereocenters. The summed E-state index contributed by atoms with van der Waals surface area (Å²) in [6.45, 7) is 1.78. The van der Waals surface area contributed by atoms with Crippen LogP contribution in [0, 0.1) is 0 Å². The fourth-order valence-electron chi connectivity index (χ4n) is 2.60. The number of carbonyl (C=O) groups excluding carboxylic acids is 1.